The molecule has 138 valence electrons. The van der Waals surface area contributed by atoms with E-state index in [-0.39, 0.29) is 4.90 Å². The van der Waals surface area contributed by atoms with Gasteiger partial charge in [-0.25, -0.2) is 18.1 Å². The van der Waals surface area contributed by atoms with E-state index in [4.69, 9.17) is 9.88 Å². The van der Waals surface area contributed by atoms with Gasteiger partial charge in [-0.2, -0.15) is 10.1 Å². The van der Waals surface area contributed by atoms with Crippen LogP contribution in [0.3, 0.4) is 0 Å². The van der Waals surface area contributed by atoms with E-state index in [1.54, 1.807) is 42.3 Å². The molecule has 4 N–H and O–H groups in total. The first kappa shape index (κ1) is 17.0. The molecule has 0 saturated heterocycles. The molecule has 0 saturated carbocycles. The van der Waals surface area contributed by atoms with Crippen LogP contribution < -0.4 is 15.2 Å². The average Bonchev–Trinajstić information content (AvgIpc) is 3.29. The number of aromatic amines is 1. The predicted molar refractivity (Wildman–Crippen MR) is 98.2 cm³/mol. The van der Waals surface area contributed by atoms with Gasteiger partial charge in [0.05, 0.1) is 18.2 Å². The summed E-state index contributed by atoms with van der Waals surface area (Å²) in [6.45, 7) is 0. The normalized spacial score (nSPS) is 11.6. The summed E-state index contributed by atoms with van der Waals surface area (Å²) in [5, 5.41) is 19.2. The molecule has 0 unspecified atom stereocenters. The standard InChI is InChI=1S/C16H15N7O3S/c1-26-14-13(10-8-18-19-9-10)6-7-23-15(14)21-16(22-23)20-11-2-4-12(5-3-11)27(17,24)25/h2-9H,1H3,(H,18,19)(H,20,22)(H2,17,24,25). The molecular weight excluding hydrogens is 370 g/mol. The quantitative estimate of drug-likeness (QED) is 0.473. The number of ether oxygens (including phenoxy) is 1. The number of sulfonamides is 1. The van der Waals surface area contributed by atoms with E-state index in [2.05, 4.69) is 25.6 Å². The molecule has 0 radical (unpaired) electrons. The van der Waals surface area contributed by atoms with Crippen molar-refractivity contribution in [3.8, 4) is 16.9 Å². The van der Waals surface area contributed by atoms with Crippen LogP contribution in [0.5, 0.6) is 5.75 Å². The molecule has 0 amide bonds. The van der Waals surface area contributed by atoms with Crippen LogP contribution in [-0.4, -0.2) is 40.3 Å². The van der Waals surface area contributed by atoms with Crippen molar-refractivity contribution in [2.24, 2.45) is 5.14 Å². The Morgan fingerprint density at radius 2 is 2.00 bits per heavy atom. The highest BCUT2D eigenvalue weighted by atomic mass is 32.2. The summed E-state index contributed by atoms with van der Waals surface area (Å²) >= 11 is 0. The maximum Gasteiger partial charge on any atom is 0.247 e. The van der Waals surface area contributed by atoms with E-state index in [1.807, 2.05) is 6.07 Å². The van der Waals surface area contributed by atoms with E-state index < -0.39 is 10.0 Å². The minimum atomic E-state index is -3.74. The molecular formula is C16H15N7O3S. The molecule has 0 spiro atoms. The minimum Gasteiger partial charge on any atom is -0.492 e. The summed E-state index contributed by atoms with van der Waals surface area (Å²) < 4.78 is 29.8. The van der Waals surface area contributed by atoms with Gasteiger partial charge in [-0.05, 0) is 30.3 Å². The fourth-order valence-corrected chi connectivity index (χ4v) is 3.18. The lowest BCUT2D eigenvalue weighted by molar-refractivity contribution is 0.418. The number of nitrogens with zero attached hydrogens (tertiary/aromatic N) is 4. The van der Waals surface area contributed by atoms with Crippen LogP contribution in [0.25, 0.3) is 16.8 Å². The van der Waals surface area contributed by atoms with Crippen LogP contribution in [0.1, 0.15) is 0 Å². The Hall–Kier alpha value is -3.44. The van der Waals surface area contributed by atoms with Crippen molar-refractivity contribution < 1.29 is 13.2 Å². The Kier molecular flexibility index (Phi) is 4.01. The smallest absolute Gasteiger partial charge is 0.247 e. The first-order chi connectivity index (χ1) is 13.0. The summed E-state index contributed by atoms with van der Waals surface area (Å²) in [5.74, 6) is 0.894. The largest absolute Gasteiger partial charge is 0.492 e. The van der Waals surface area contributed by atoms with Gasteiger partial charge in [0.1, 0.15) is 0 Å². The van der Waals surface area contributed by atoms with Crippen molar-refractivity contribution >= 4 is 27.3 Å². The summed E-state index contributed by atoms with van der Waals surface area (Å²) in [6, 6.07) is 7.84. The second kappa shape index (κ2) is 6.37. The number of primary sulfonamides is 1. The van der Waals surface area contributed by atoms with E-state index in [9.17, 15) is 8.42 Å². The van der Waals surface area contributed by atoms with E-state index in [0.717, 1.165) is 11.1 Å². The fraction of sp³-hybridized carbons (Fsp3) is 0.0625. The number of hydrogen-bond acceptors (Lipinski definition) is 7. The maximum absolute atomic E-state index is 11.3. The molecule has 11 heteroatoms. The van der Waals surface area contributed by atoms with Crippen molar-refractivity contribution in [2.45, 2.75) is 4.90 Å². The Morgan fingerprint density at radius 1 is 1.22 bits per heavy atom. The van der Waals surface area contributed by atoms with E-state index in [1.165, 1.54) is 12.1 Å². The first-order valence-electron chi connectivity index (χ1n) is 7.78. The lowest BCUT2D eigenvalue weighted by Crippen LogP contribution is -2.11. The highest BCUT2D eigenvalue weighted by Crippen LogP contribution is 2.32. The second-order valence-corrected chi connectivity index (χ2v) is 7.21. The van der Waals surface area contributed by atoms with Crippen molar-refractivity contribution in [1.29, 1.82) is 0 Å². The zero-order valence-corrected chi connectivity index (χ0v) is 14.9. The number of nitrogens with one attached hydrogen (secondary N) is 2. The third-order valence-electron chi connectivity index (χ3n) is 3.91. The highest BCUT2D eigenvalue weighted by Gasteiger charge is 2.15. The van der Waals surface area contributed by atoms with Crippen LogP contribution in [-0.2, 0) is 10.0 Å². The molecule has 0 aliphatic rings. The molecule has 4 aromatic rings. The Balaban J connectivity index is 1.69. The third kappa shape index (κ3) is 3.20. The Morgan fingerprint density at radius 3 is 2.63 bits per heavy atom. The third-order valence-corrected chi connectivity index (χ3v) is 4.84. The van der Waals surface area contributed by atoms with Crippen LogP contribution in [0, 0.1) is 0 Å². The van der Waals surface area contributed by atoms with Crippen LogP contribution in [0.2, 0.25) is 0 Å². The van der Waals surface area contributed by atoms with Gasteiger partial charge in [0, 0.05) is 29.2 Å². The van der Waals surface area contributed by atoms with Crippen LogP contribution in [0.4, 0.5) is 11.6 Å². The zero-order valence-electron chi connectivity index (χ0n) is 14.1. The number of nitrogens with two attached hydrogens (primary N) is 1. The van der Waals surface area contributed by atoms with Crippen molar-refractivity contribution in [3.63, 3.8) is 0 Å². The van der Waals surface area contributed by atoms with Gasteiger partial charge < -0.3 is 10.1 Å². The van der Waals surface area contributed by atoms with Crippen molar-refractivity contribution in [3.05, 3.63) is 48.9 Å². The molecule has 3 aromatic heterocycles. The molecule has 0 fully saturated rings. The molecule has 27 heavy (non-hydrogen) atoms. The monoisotopic (exact) mass is 385 g/mol. The lowest BCUT2D eigenvalue weighted by atomic mass is 10.1. The van der Waals surface area contributed by atoms with E-state index >= 15 is 0 Å². The van der Waals surface area contributed by atoms with Crippen molar-refractivity contribution in [2.75, 3.05) is 12.4 Å². The average molecular weight is 385 g/mol. The number of H-pyrrole nitrogens is 1. The first-order valence-corrected chi connectivity index (χ1v) is 9.33. The molecule has 0 aliphatic heterocycles. The Bertz CT molecular complexity index is 1200. The number of methoxy groups -OCH3 is 1. The number of hydrogen-bond donors (Lipinski definition) is 3. The maximum atomic E-state index is 11.3. The fourth-order valence-electron chi connectivity index (χ4n) is 2.66. The number of aromatic nitrogens is 5. The van der Waals surface area contributed by atoms with Crippen LogP contribution in [0.15, 0.2) is 53.8 Å². The molecule has 10 nitrogen and oxygen atoms in total. The molecule has 1 aromatic carbocycles. The molecule has 4 rings (SSSR count). The number of pyridine rings is 1. The topological polar surface area (TPSA) is 140 Å². The summed E-state index contributed by atoms with van der Waals surface area (Å²) in [4.78, 5) is 4.49. The highest BCUT2D eigenvalue weighted by molar-refractivity contribution is 7.89. The van der Waals surface area contributed by atoms with E-state index in [0.29, 0.717) is 23.0 Å². The molecule has 0 atom stereocenters. The predicted octanol–water partition coefficient (Wildman–Crippen LogP) is 1.52. The molecule has 3 heterocycles. The zero-order chi connectivity index (χ0) is 19.0. The van der Waals surface area contributed by atoms with Gasteiger partial charge in [0.2, 0.25) is 16.0 Å². The number of fused-ring (bicyclic) bond motifs is 1. The van der Waals surface area contributed by atoms with Gasteiger partial charge in [-0.1, -0.05) is 0 Å². The molecule has 0 aliphatic carbocycles. The lowest BCUT2D eigenvalue weighted by Gasteiger charge is -2.06. The molecule has 0 bridgehead atoms. The van der Waals surface area contributed by atoms with Gasteiger partial charge in [0.25, 0.3) is 0 Å². The minimum absolute atomic E-state index is 0.0300. The SMILES string of the molecule is COc1c(-c2cn[nH]c2)ccn2nc(Nc3ccc(S(N)(=O)=O)cc3)nc12. The second-order valence-electron chi connectivity index (χ2n) is 5.65. The number of rotatable bonds is 5. The van der Waals surface area contributed by atoms with Gasteiger partial charge in [-0.3, -0.25) is 5.10 Å². The van der Waals surface area contributed by atoms with Gasteiger partial charge in [0.15, 0.2) is 11.4 Å². The number of anilines is 2. The van der Waals surface area contributed by atoms with Crippen LogP contribution >= 0.6 is 0 Å². The summed E-state index contributed by atoms with van der Waals surface area (Å²) in [7, 11) is -2.17. The van der Waals surface area contributed by atoms with Gasteiger partial charge in [-0.15, -0.1) is 5.10 Å². The summed E-state index contributed by atoms with van der Waals surface area (Å²) in [6.07, 6.45) is 5.22. The van der Waals surface area contributed by atoms with Crippen molar-refractivity contribution in [1.82, 2.24) is 24.8 Å². The Labute approximate surface area is 154 Å². The summed E-state index contributed by atoms with van der Waals surface area (Å²) in [5.41, 5.74) is 2.84. The van der Waals surface area contributed by atoms with Gasteiger partial charge >= 0.3 is 0 Å². The number of benzene rings is 1.